The van der Waals surface area contributed by atoms with E-state index in [1.807, 2.05) is 36.1 Å². The van der Waals surface area contributed by atoms with Crippen LogP contribution in [0.2, 0.25) is 10.0 Å². The normalized spacial score (nSPS) is 14.4. The van der Waals surface area contributed by atoms with Crippen molar-refractivity contribution in [3.05, 3.63) is 64.2 Å². The maximum absolute atomic E-state index is 13.2. The van der Waals surface area contributed by atoms with Crippen molar-refractivity contribution in [2.45, 2.75) is 19.8 Å². The maximum atomic E-state index is 13.2. The number of carbonyl (C=O) groups excluding carboxylic acids is 1. The Morgan fingerprint density at radius 2 is 1.75 bits per heavy atom. The van der Waals surface area contributed by atoms with Gasteiger partial charge in [0.2, 0.25) is 5.82 Å². The van der Waals surface area contributed by atoms with Gasteiger partial charge in [-0.15, -0.1) is 5.10 Å². The maximum Gasteiger partial charge on any atom is 0.293 e. The van der Waals surface area contributed by atoms with Gasteiger partial charge in [-0.25, -0.2) is 9.67 Å². The van der Waals surface area contributed by atoms with Crippen molar-refractivity contribution in [3.63, 3.8) is 0 Å². The number of ether oxygens (including phenoxy) is 1. The highest BCUT2D eigenvalue weighted by Gasteiger charge is 2.26. The third-order valence-corrected chi connectivity index (χ3v) is 6.16. The van der Waals surface area contributed by atoms with E-state index in [4.69, 9.17) is 27.9 Å². The van der Waals surface area contributed by atoms with Crippen molar-refractivity contribution in [2.24, 2.45) is 0 Å². The van der Waals surface area contributed by atoms with Crippen LogP contribution >= 0.6 is 23.2 Å². The highest BCUT2D eigenvalue weighted by atomic mass is 35.5. The monoisotopic (exact) mass is 473 g/mol. The SMILES string of the molecule is CCc1nc(C(=O)N2CCCN(c3ccc(OC)cc3)CC2)nn1-c1c(Cl)cccc1Cl. The fourth-order valence-electron chi connectivity index (χ4n) is 3.85. The summed E-state index contributed by atoms with van der Waals surface area (Å²) in [5.74, 6) is 1.44. The molecular formula is C23H25Cl2N5O2. The molecule has 2 heterocycles. The number of aromatic nitrogens is 3. The second-order valence-corrected chi connectivity index (χ2v) is 8.33. The van der Waals surface area contributed by atoms with Gasteiger partial charge in [-0.1, -0.05) is 36.2 Å². The predicted molar refractivity (Wildman–Crippen MR) is 126 cm³/mol. The van der Waals surface area contributed by atoms with Crippen molar-refractivity contribution < 1.29 is 9.53 Å². The molecule has 0 unspecified atom stereocenters. The zero-order chi connectivity index (χ0) is 22.7. The summed E-state index contributed by atoms with van der Waals surface area (Å²) in [5.41, 5.74) is 1.66. The number of rotatable bonds is 5. The molecule has 1 aliphatic rings. The fourth-order valence-corrected chi connectivity index (χ4v) is 4.41. The molecule has 1 aromatic heterocycles. The Morgan fingerprint density at radius 3 is 2.41 bits per heavy atom. The summed E-state index contributed by atoms with van der Waals surface area (Å²) in [6.45, 7) is 4.80. The largest absolute Gasteiger partial charge is 0.497 e. The molecular weight excluding hydrogens is 449 g/mol. The van der Waals surface area contributed by atoms with Crippen molar-refractivity contribution >= 4 is 34.8 Å². The average molecular weight is 474 g/mol. The molecule has 168 valence electrons. The summed E-state index contributed by atoms with van der Waals surface area (Å²) in [7, 11) is 1.66. The molecule has 32 heavy (non-hydrogen) atoms. The van der Waals surface area contributed by atoms with Crippen LogP contribution < -0.4 is 9.64 Å². The summed E-state index contributed by atoms with van der Waals surface area (Å²) in [6, 6.07) is 13.2. The molecule has 0 N–H and O–H groups in total. The van der Waals surface area contributed by atoms with E-state index in [2.05, 4.69) is 15.0 Å². The smallest absolute Gasteiger partial charge is 0.293 e. The summed E-state index contributed by atoms with van der Waals surface area (Å²) in [6.07, 6.45) is 1.45. The first kappa shape index (κ1) is 22.4. The Bertz CT molecular complexity index is 1080. The molecule has 3 aromatic rings. The van der Waals surface area contributed by atoms with Gasteiger partial charge in [-0.2, -0.15) is 0 Å². The number of carbonyl (C=O) groups is 1. The summed E-state index contributed by atoms with van der Waals surface area (Å²) >= 11 is 12.7. The lowest BCUT2D eigenvalue weighted by atomic mass is 10.2. The molecule has 0 bridgehead atoms. The van der Waals surface area contributed by atoms with E-state index < -0.39 is 0 Å². The van der Waals surface area contributed by atoms with Crippen LogP contribution in [-0.2, 0) is 6.42 Å². The second-order valence-electron chi connectivity index (χ2n) is 7.52. The predicted octanol–water partition coefficient (Wildman–Crippen LogP) is 4.50. The number of hydrogen-bond acceptors (Lipinski definition) is 5. The summed E-state index contributed by atoms with van der Waals surface area (Å²) in [4.78, 5) is 21.8. The third kappa shape index (κ3) is 4.54. The van der Waals surface area contributed by atoms with Gasteiger partial charge in [-0.05, 0) is 42.8 Å². The van der Waals surface area contributed by atoms with Crippen LogP contribution in [0.4, 0.5) is 5.69 Å². The standard InChI is InChI=1S/C23H25Cl2N5O2/c1-3-20-26-22(27-30(20)21-18(24)6-4-7-19(21)25)23(31)29-13-5-12-28(14-15-29)16-8-10-17(32-2)11-9-16/h4,6-11H,3,5,12-15H2,1-2H3. The van der Waals surface area contributed by atoms with Gasteiger partial charge in [0.05, 0.1) is 17.2 Å². The van der Waals surface area contributed by atoms with E-state index in [0.717, 1.165) is 30.9 Å². The molecule has 2 aromatic carbocycles. The molecule has 4 rings (SSSR count). The lowest BCUT2D eigenvalue weighted by Gasteiger charge is -2.23. The number of aryl methyl sites for hydroxylation is 1. The number of methoxy groups -OCH3 is 1. The zero-order valence-electron chi connectivity index (χ0n) is 18.1. The lowest BCUT2D eigenvalue weighted by Crippen LogP contribution is -2.35. The molecule has 0 saturated carbocycles. The molecule has 1 saturated heterocycles. The number of benzene rings is 2. The number of para-hydroxylation sites is 1. The van der Waals surface area contributed by atoms with Crippen molar-refractivity contribution in [3.8, 4) is 11.4 Å². The van der Waals surface area contributed by atoms with E-state index in [9.17, 15) is 4.79 Å². The molecule has 0 spiro atoms. The van der Waals surface area contributed by atoms with E-state index in [-0.39, 0.29) is 11.7 Å². The van der Waals surface area contributed by atoms with Crippen LogP contribution in [0.25, 0.3) is 5.69 Å². The van der Waals surface area contributed by atoms with Crippen LogP contribution in [0.3, 0.4) is 0 Å². The topological polar surface area (TPSA) is 63.5 Å². The van der Waals surface area contributed by atoms with Gasteiger partial charge in [0, 0.05) is 38.3 Å². The lowest BCUT2D eigenvalue weighted by molar-refractivity contribution is 0.0755. The molecule has 0 aliphatic carbocycles. The fraction of sp³-hybridized carbons (Fsp3) is 0.348. The summed E-state index contributed by atoms with van der Waals surface area (Å²) < 4.78 is 6.83. The Kier molecular flexibility index (Phi) is 6.86. The van der Waals surface area contributed by atoms with E-state index >= 15 is 0 Å². The van der Waals surface area contributed by atoms with Crippen molar-refractivity contribution in [1.82, 2.24) is 19.7 Å². The quantitative estimate of drug-likeness (QED) is 0.545. The van der Waals surface area contributed by atoms with Gasteiger partial charge < -0.3 is 14.5 Å². The first-order chi connectivity index (χ1) is 15.5. The number of nitrogens with zero attached hydrogens (tertiary/aromatic N) is 5. The minimum Gasteiger partial charge on any atom is -0.497 e. The Morgan fingerprint density at radius 1 is 1.03 bits per heavy atom. The summed E-state index contributed by atoms with van der Waals surface area (Å²) in [5, 5.41) is 5.41. The minimum atomic E-state index is -0.182. The van der Waals surface area contributed by atoms with Gasteiger partial charge >= 0.3 is 0 Å². The average Bonchev–Trinajstić information content (AvgIpc) is 3.07. The van der Waals surface area contributed by atoms with Gasteiger partial charge in [0.25, 0.3) is 5.91 Å². The Hall–Kier alpha value is -2.77. The van der Waals surface area contributed by atoms with E-state index in [0.29, 0.717) is 41.1 Å². The van der Waals surface area contributed by atoms with Gasteiger partial charge in [-0.3, -0.25) is 4.79 Å². The number of anilines is 1. The van der Waals surface area contributed by atoms with Crippen LogP contribution in [0.15, 0.2) is 42.5 Å². The molecule has 9 heteroatoms. The molecule has 0 atom stereocenters. The minimum absolute atomic E-state index is 0.163. The highest BCUT2D eigenvalue weighted by molar-refractivity contribution is 6.37. The Labute approximate surface area is 197 Å². The van der Waals surface area contributed by atoms with E-state index in [1.54, 1.807) is 30.0 Å². The number of amides is 1. The molecule has 1 amide bonds. The first-order valence-corrected chi connectivity index (χ1v) is 11.4. The zero-order valence-corrected chi connectivity index (χ0v) is 19.6. The van der Waals surface area contributed by atoms with E-state index in [1.165, 1.54) is 0 Å². The number of hydrogen-bond donors (Lipinski definition) is 0. The third-order valence-electron chi connectivity index (χ3n) is 5.55. The molecule has 1 aliphatic heterocycles. The highest BCUT2D eigenvalue weighted by Crippen LogP contribution is 2.29. The molecule has 0 radical (unpaired) electrons. The van der Waals surface area contributed by atoms with Crippen LogP contribution in [0.5, 0.6) is 5.75 Å². The van der Waals surface area contributed by atoms with Gasteiger partial charge in [0.1, 0.15) is 17.3 Å². The molecule has 7 nitrogen and oxygen atoms in total. The second kappa shape index (κ2) is 9.79. The Balaban J connectivity index is 1.52. The van der Waals surface area contributed by atoms with Crippen molar-refractivity contribution in [2.75, 3.05) is 38.2 Å². The van der Waals surface area contributed by atoms with Crippen LogP contribution in [0.1, 0.15) is 29.8 Å². The van der Waals surface area contributed by atoms with Crippen LogP contribution in [-0.4, -0.2) is 58.9 Å². The van der Waals surface area contributed by atoms with Crippen molar-refractivity contribution in [1.29, 1.82) is 0 Å². The van der Waals surface area contributed by atoms with Crippen LogP contribution in [0, 0.1) is 0 Å². The number of halogens is 2. The van der Waals surface area contributed by atoms with Gasteiger partial charge in [0.15, 0.2) is 0 Å². The molecule has 1 fully saturated rings. The first-order valence-electron chi connectivity index (χ1n) is 10.6.